The highest BCUT2D eigenvalue weighted by Crippen LogP contribution is 2.30. The molecule has 0 bridgehead atoms. The van der Waals surface area contributed by atoms with Crippen LogP contribution in [0.4, 0.5) is 13.2 Å². The summed E-state index contributed by atoms with van der Waals surface area (Å²) in [4.78, 5) is 14.9. The lowest BCUT2D eigenvalue weighted by atomic mass is 10.2. The maximum atomic E-state index is 12.2. The van der Waals surface area contributed by atoms with Crippen molar-refractivity contribution in [2.24, 2.45) is 0 Å². The monoisotopic (exact) mass is 406 g/mol. The van der Waals surface area contributed by atoms with E-state index in [1.165, 1.54) is 11.3 Å². The molecule has 1 aromatic carbocycles. The third-order valence-electron chi connectivity index (χ3n) is 3.62. The highest BCUT2D eigenvalue weighted by molar-refractivity contribution is 7.89. The molecule has 0 saturated heterocycles. The molecule has 2 aromatic rings. The summed E-state index contributed by atoms with van der Waals surface area (Å²) >= 11 is 1.29. The number of hydrogen-bond acceptors (Lipinski definition) is 5. The van der Waals surface area contributed by atoms with Crippen LogP contribution in [0.3, 0.4) is 0 Å². The number of benzene rings is 1. The Balaban J connectivity index is 1.68. The number of sulfonamides is 1. The van der Waals surface area contributed by atoms with Gasteiger partial charge < -0.3 is 4.74 Å². The summed E-state index contributed by atoms with van der Waals surface area (Å²) in [5.74, 6) is -1.31. The van der Waals surface area contributed by atoms with Gasteiger partial charge in [-0.15, -0.1) is 29.3 Å². The fraction of sp³-hybridized carbons (Fsp3) is 0.267. The highest BCUT2D eigenvalue weighted by Gasteiger charge is 2.31. The SMILES string of the molecule is O=C(NNS(=O)(=O)c1cccc(OC(F)(F)F)c1)c1cc2c(s1)CCC2. The first-order chi connectivity index (χ1) is 12.1. The van der Waals surface area contributed by atoms with Gasteiger partial charge in [0, 0.05) is 10.9 Å². The van der Waals surface area contributed by atoms with Gasteiger partial charge in [-0.1, -0.05) is 6.07 Å². The molecule has 0 saturated carbocycles. The van der Waals surface area contributed by atoms with Gasteiger partial charge in [-0.2, -0.15) is 0 Å². The fourth-order valence-corrected chi connectivity index (χ4v) is 4.54. The Hall–Kier alpha value is -2.11. The van der Waals surface area contributed by atoms with Crippen molar-refractivity contribution in [3.05, 3.63) is 45.6 Å². The third-order valence-corrected chi connectivity index (χ3v) is 6.10. The molecule has 26 heavy (non-hydrogen) atoms. The first kappa shape index (κ1) is 18.7. The number of rotatable bonds is 5. The predicted molar refractivity (Wildman–Crippen MR) is 87.3 cm³/mol. The smallest absolute Gasteiger partial charge is 0.406 e. The number of nitrogens with one attached hydrogen (secondary N) is 2. The summed E-state index contributed by atoms with van der Waals surface area (Å²) in [7, 11) is -4.26. The van der Waals surface area contributed by atoms with E-state index in [1.807, 2.05) is 4.83 Å². The molecule has 2 N–H and O–H groups in total. The summed E-state index contributed by atoms with van der Waals surface area (Å²) in [6, 6.07) is 5.58. The average molecular weight is 406 g/mol. The zero-order valence-corrected chi connectivity index (χ0v) is 14.7. The van der Waals surface area contributed by atoms with E-state index in [1.54, 1.807) is 6.07 Å². The van der Waals surface area contributed by atoms with E-state index in [2.05, 4.69) is 10.2 Å². The lowest BCUT2D eigenvalue weighted by Crippen LogP contribution is -2.41. The van der Waals surface area contributed by atoms with Crippen LogP contribution in [-0.2, 0) is 22.9 Å². The molecule has 0 fully saturated rings. The summed E-state index contributed by atoms with van der Waals surface area (Å²) in [5.41, 5.74) is 3.15. The van der Waals surface area contributed by atoms with Crippen LogP contribution >= 0.6 is 11.3 Å². The third kappa shape index (κ3) is 4.34. The van der Waals surface area contributed by atoms with Gasteiger partial charge in [-0.25, -0.2) is 8.42 Å². The van der Waals surface area contributed by atoms with Crippen molar-refractivity contribution in [1.29, 1.82) is 0 Å². The normalized spacial score (nSPS) is 14.1. The Morgan fingerprint density at radius 2 is 1.96 bits per heavy atom. The van der Waals surface area contributed by atoms with Crippen LogP contribution in [0.5, 0.6) is 5.75 Å². The standard InChI is InChI=1S/C15H13F3N2O4S2/c16-15(17,18)24-10-4-2-5-11(8-10)26(22,23)20-19-14(21)13-7-9-3-1-6-12(9)25-13/h2,4-5,7-8,20H,1,3,6H2,(H,19,21). The Labute approximate surface area is 151 Å². The highest BCUT2D eigenvalue weighted by atomic mass is 32.2. The average Bonchev–Trinajstić information content (AvgIpc) is 3.13. The van der Waals surface area contributed by atoms with Crippen LogP contribution in [0, 0.1) is 0 Å². The molecule has 140 valence electrons. The second-order valence-electron chi connectivity index (χ2n) is 5.49. The summed E-state index contributed by atoms with van der Waals surface area (Å²) in [6.07, 6.45) is -2.13. The number of hydrogen-bond donors (Lipinski definition) is 2. The lowest BCUT2D eigenvalue weighted by Gasteiger charge is -2.11. The topological polar surface area (TPSA) is 84.5 Å². The van der Waals surface area contributed by atoms with Gasteiger partial charge in [0.05, 0.1) is 9.77 Å². The van der Waals surface area contributed by atoms with Gasteiger partial charge in [0.15, 0.2) is 0 Å². The number of aryl methyl sites for hydroxylation is 2. The number of halogens is 3. The number of ether oxygens (including phenoxy) is 1. The van der Waals surface area contributed by atoms with Gasteiger partial charge >= 0.3 is 6.36 Å². The Kier molecular flexibility index (Phi) is 4.95. The molecule has 0 spiro atoms. The molecule has 0 aliphatic heterocycles. The zero-order valence-electron chi connectivity index (χ0n) is 13.1. The van der Waals surface area contributed by atoms with Crippen LogP contribution in [0.15, 0.2) is 35.2 Å². The first-order valence-electron chi connectivity index (χ1n) is 7.43. The van der Waals surface area contributed by atoms with Gasteiger partial charge in [0.25, 0.3) is 15.9 Å². The van der Waals surface area contributed by atoms with Crippen LogP contribution < -0.4 is 15.0 Å². The number of hydrazine groups is 1. The predicted octanol–water partition coefficient (Wildman–Crippen LogP) is 2.76. The molecule has 1 amide bonds. The fourth-order valence-electron chi connectivity index (χ4n) is 2.51. The van der Waals surface area contributed by atoms with Gasteiger partial charge in [-0.3, -0.25) is 10.2 Å². The van der Waals surface area contributed by atoms with Crippen LogP contribution in [0.1, 0.15) is 26.5 Å². The van der Waals surface area contributed by atoms with E-state index >= 15 is 0 Å². The molecule has 0 radical (unpaired) electrons. The molecular formula is C15H13F3N2O4S2. The number of carbonyl (C=O) groups excluding carboxylic acids is 1. The molecule has 1 aromatic heterocycles. The minimum atomic E-state index is -4.94. The van der Waals surface area contributed by atoms with Gasteiger partial charge in [-0.05, 0) is 43.0 Å². The van der Waals surface area contributed by atoms with Crippen molar-refractivity contribution >= 4 is 27.3 Å². The van der Waals surface area contributed by atoms with Gasteiger partial charge in [0.1, 0.15) is 5.75 Å². The maximum Gasteiger partial charge on any atom is 0.573 e. The Morgan fingerprint density at radius 1 is 1.19 bits per heavy atom. The number of thiophene rings is 1. The quantitative estimate of drug-likeness (QED) is 0.748. The molecular weight excluding hydrogens is 393 g/mol. The van der Waals surface area contributed by atoms with Crippen molar-refractivity contribution in [3.63, 3.8) is 0 Å². The van der Waals surface area contributed by atoms with Crippen molar-refractivity contribution < 1.29 is 31.1 Å². The second kappa shape index (κ2) is 6.89. The summed E-state index contributed by atoms with van der Waals surface area (Å²) < 4.78 is 64.7. The molecule has 1 heterocycles. The Morgan fingerprint density at radius 3 is 2.65 bits per heavy atom. The van der Waals surface area contributed by atoms with E-state index < -0.39 is 32.9 Å². The summed E-state index contributed by atoms with van der Waals surface area (Å²) in [5, 5.41) is 0. The largest absolute Gasteiger partial charge is 0.573 e. The number of fused-ring (bicyclic) bond motifs is 1. The molecule has 0 unspecified atom stereocenters. The van der Waals surface area contributed by atoms with E-state index in [0.29, 0.717) is 10.9 Å². The molecule has 0 atom stereocenters. The van der Waals surface area contributed by atoms with Crippen LogP contribution in [0.2, 0.25) is 0 Å². The van der Waals surface area contributed by atoms with E-state index in [-0.39, 0.29) is 0 Å². The van der Waals surface area contributed by atoms with E-state index in [9.17, 15) is 26.4 Å². The van der Waals surface area contributed by atoms with Crippen molar-refractivity contribution in [2.75, 3.05) is 0 Å². The van der Waals surface area contributed by atoms with E-state index in [0.717, 1.165) is 47.9 Å². The molecule has 1 aliphatic carbocycles. The lowest BCUT2D eigenvalue weighted by molar-refractivity contribution is -0.274. The van der Waals surface area contributed by atoms with Crippen LogP contribution in [-0.4, -0.2) is 20.7 Å². The Bertz CT molecular complexity index is 917. The first-order valence-corrected chi connectivity index (χ1v) is 9.73. The van der Waals surface area contributed by atoms with Crippen molar-refractivity contribution in [2.45, 2.75) is 30.5 Å². The zero-order chi connectivity index (χ0) is 18.9. The molecule has 11 heteroatoms. The minimum absolute atomic E-state index is 0.367. The number of alkyl halides is 3. The molecule has 1 aliphatic rings. The minimum Gasteiger partial charge on any atom is -0.406 e. The van der Waals surface area contributed by atoms with Crippen LogP contribution in [0.25, 0.3) is 0 Å². The van der Waals surface area contributed by atoms with Gasteiger partial charge in [0.2, 0.25) is 0 Å². The number of amides is 1. The molecule has 3 rings (SSSR count). The van der Waals surface area contributed by atoms with E-state index in [4.69, 9.17) is 0 Å². The molecule has 6 nitrogen and oxygen atoms in total. The maximum absolute atomic E-state index is 12.2. The van der Waals surface area contributed by atoms with Crippen molar-refractivity contribution in [3.8, 4) is 5.75 Å². The second-order valence-corrected chi connectivity index (χ2v) is 8.31. The number of carbonyl (C=O) groups is 1. The van der Waals surface area contributed by atoms with Crippen molar-refractivity contribution in [1.82, 2.24) is 10.3 Å². The summed E-state index contributed by atoms with van der Waals surface area (Å²) in [6.45, 7) is 0.